The molecule has 1 aromatic carbocycles. The van der Waals surface area contributed by atoms with Crippen LogP contribution < -0.4 is 10.3 Å². The Morgan fingerprint density at radius 2 is 1.84 bits per heavy atom. The molecule has 0 N–H and O–H groups in total. The second-order valence-electron chi connectivity index (χ2n) is 8.22. The Morgan fingerprint density at radius 1 is 1.13 bits per heavy atom. The lowest BCUT2D eigenvalue weighted by atomic mass is 10.1. The maximum atomic E-state index is 13.3. The topological polar surface area (TPSA) is 68.8 Å². The van der Waals surface area contributed by atoms with E-state index in [0.717, 1.165) is 37.2 Å². The highest BCUT2D eigenvalue weighted by Crippen LogP contribution is 2.29. The maximum Gasteiger partial charge on any atom is 0.277 e. The molecule has 3 aromatic rings. The van der Waals surface area contributed by atoms with Gasteiger partial charge in [-0.05, 0) is 38.3 Å². The molecule has 31 heavy (non-hydrogen) atoms. The van der Waals surface area contributed by atoms with Crippen molar-refractivity contribution in [3.8, 4) is 17.0 Å². The molecule has 164 valence electrons. The Labute approximate surface area is 182 Å². The van der Waals surface area contributed by atoms with Crippen molar-refractivity contribution in [2.45, 2.75) is 45.4 Å². The predicted octanol–water partition coefficient (Wildman–Crippen LogP) is 3.35. The summed E-state index contributed by atoms with van der Waals surface area (Å²) in [5.41, 5.74) is 3.59. The molecule has 3 heterocycles. The molecule has 0 atom stereocenters. The zero-order chi connectivity index (χ0) is 22.0. The van der Waals surface area contributed by atoms with Gasteiger partial charge in [-0.3, -0.25) is 9.59 Å². The standard InChI is InChI=1S/C24H30N4O3/c1-17-18(12-13-23(29)27-14-8-4-5-9-15-27)24(30)28-22(26(17)2)16-20(25-28)19-10-6-7-11-21(19)31-3/h6-7,10-11,16H,4-5,8-9,12-15H2,1-3H3. The third kappa shape index (κ3) is 4.09. The molecular weight excluding hydrogens is 392 g/mol. The van der Waals surface area contributed by atoms with Crippen LogP contribution in [0.2, 0.25) is 0 Å². The summed E-state index contributed by atoms with van der Waals surface area (Å²) < 4.78 is 8.88. The zero-order valence-electron chi connectivity index (χ0n) is 18.6. The summed E-state index contributed by atoms with van der Waals surface area (Å²) in [6.45, 7) is 3.59. The number of benzene rings is 1. The zero-order valence-corrected chi connectivity index (χ0v) is 18.6. The second-order valence-corrected chi connectivity index (χ2v) is 8.22. The molecule has 0 spiro atoms. The first-order valence-electron chi connectivity index (χ1n) is 11.0. The number of methoxy groups -OCH3 is 1. The average Bonchev–Trinajstić information content (AvgIpc) is 3.05. The van der Waals surface area contributed by atoms with Crippen molar-refractivity contribution in [3.63, 3.8) is 0 Å². The highest BCUT2D eigenvalue weighted by Gasteiger charge is 2.20. The van der Waals surface area contributed by atoms with Crippen LogP contribution in [0.3, 0.4) is 0 Å². The van der Waals surface area contributed by atoms with E-state index in [1.165, 1.54) is 17.4 Å². The molecule has 1 amide bonds. The normalized spacial score (nSPS) is 14.6. The fraction of sp³-hybridized carbons (Fsp3) is 0.458. The van der Waals surface area contributed by atoms with Crippen molar-refractivity contribution in [3.05, 3.63) is 51.9 Å². The lowest BCUT2D eigenvalue weighted by Gasteiger charge is -2.20. The number of nitrogens with zero attached hydrogens (tertiary/aromatic N) is 4. The molecule has 7 heteroatoms. The first kappa shape index (κ1) is 21.2. The third-order valence-electron chi connectivity index (χ3n) is 6.36. The Kier molecular flexibility index (Phi) is 6.11. The van der Waals surface area contributed by atoms with Crippen LogP contribution in [0, 0.1) is 6.92 Å². The van der Waals surface area contributed by atoms with Crippen LogP contribution in [0.5, 0.6) is 5.75 Å². The molecule has 0 radical (unpaired) electrons. The van der Waals surface area contributed by atoms with E-state index in [1.54, 1.807) is 7.11 Å². The van der Waals surface area contributed by atoms with Crippen molar-refractivity contribution in [2.24, 2.45) is 7.05 Å². The van der Waals surface area contributed by atoms with Crippen molar-refractivity contribution < 1.29 is 9.53 Å². The Morgan fingerprint density at radius 3 is 2.55 bits per heavy atom. The van der Waals surface area contributed by atoms with Gasteiger partial charge in [-0.25, -0.2) is 0 Å². The SMILES string of the molecule is COc1ccccc1-c1cc2n(C)c(C)c(CCC(=O)N3CCCCCC3)c(=O)n2n1. The summed E-state index contributed by atoms with van der Waals surface area (Å²) in [7, 11) is 3.55. The monoisotopic (exact) mass is 422 g/mol. The van der Waals surface area contributed by atoms with E-state index in [4.69, 9.17) is 4.74 Å². The van der Waals surface area contributed by atoms with Gasteiger partial charge in [0.2, 0.25) is 5.91 Å². The number of hydrogen-bond acceptors (Lipinski definition) is 4. The lowest BCUT2D eigenvalue weighted by Crippen LogP contribution is -2.33. The number of carbonyl (C=O) groups excluding carboxylic acids is 1. The van der Waals surface area contributed by atoms with Gasteiger partial charge in [-0.15, -0.1) is 0 Å². The van der Waals surface area contributed by atoms with Crippen LogP contribution in [0.15, 0.2) is 35.1 Å². The first-order valence-corrected chi connectivity index (χ1v) is 11.0. The Bertz CT molecular complexity index is 1150. The molecular formula is C24H30N4O3. The molecule has 0 aliphatic carbocycles. The summed E-state index contributed by atoms with van der Waals surface area (Å²) in [6, 6.07) is 9.53. The highest BCUT2D eigenvalue weighted by molar-refractivity contribution is 5.76. The predicted molar refractivity (Wildman–Crippen MR) is 121 cm³/mol. The van der Waals surface area contributed by atoms with Crippen molar-refractivity contribution in [1.29, 1.82) is 0 Å². The number of amides is 1. The number of rotatable bonds is 5. The smallest absolute Gasteiger partial charge is 0.277 e. The van der Waals surface area contributed by atoms with Gasteiger partial charge in [-0.2, -0.15) is 9.61 Å². The third-order valence-corrected chi connectivity index (χ3v) is 6.36. The number of para-hydroxylation sites is 1. The van der Waals surface area contributed by atoms with E-state index >= 15 is 0 Å². The van der Waals surface area contributed by atoms with Gasteiger partial charge >= 0.3 is 0 Å². The summed E-state index contributed by atoms with van der Waals surface area (Å²) in [5, 5.41) is 4.59. The molecule has 1 fully saturated rings. The van der Waals surface area contributed by atoms with Crippen LogP contribution in [-0.2, 0) is 18.3 Å². The van der Waals surface area contributed by atoms with E-state index < -0.39 is 0 Å². The van der Waals surface area contributed by atoms with Crippen molar-refractivity contribution in [2.75, 3.05) is 20.2 Å². The van der Waals surface area contributed by atoms with Gasteiger partial charge in [-0.1, -0.05) is 25.0 Å². The number of ether oxygens (including phenoxy) is 1. The molecule has 0 saturated carbocycles. The molecule has 1 aliphatic rings. The van der Waals surface area contributed by atoms with Crippen molar-refractivity contribution in [1.82, 2.24) is 19.1 Å². The fourth-order valence-electron chi connectivity index (χ4n) is 4.40. The number of aromatic nitrogens is 3. The van der Waals surface area contributed by atoms with Crippen LogP contribution in [-0.4, -0.2) is 45.2 Å². The van der Waals surface area contributed by atoms with Gasteiger partial charge in [0.1, 0.15) is 11.4 Å². The van der Waals surface area contributed by atoms with Gasteiger partial charge in [0.25, 0.3) is 5.56 Å². The second kappa shape index (κ2) is 8.96. The van der Waals surface area contributed by atoms with Crippen LogP contribution in [0.25, 0.3) is 16.9 Å². The molecule has 0 unspecified atom stereocenters. The number of carbonyl (C=O) groups is 1. The Balaban J connectivity index is 1.66. The van der Waals surface area contributed by atoms with Crippen LogP contribution in [0.1, 0.15) is 43.4 Å². The fourth-order valence-corrected chi connectivity index (χ4v) is 4.40. The Hall–Kier alpha value is -3.09. The molecule has 2 aromatic heterocycles. The van der Waals surface area contributed by atoms with Crippen LogP contribution >= 0.6 is 0 Å². The minimum absolute atomic E-state index is 0.138. The lowest BCUT2D eigenvalue weighted by molar-refractivity contribution is -0.131. The van der Waals surface area contributed by atoms with Gasteiger partial charge < -0.3 is 14.2 Å². The quantitative estimate of drug-likeness (QED) is 0.632. The molecule has 7 nitrogen and oxygen atoms in total. The van der Waals surface area contributed by atoms with E-state index in [2.05, 4.69) is 5.10 Å². The average molecular weight is 423 g/mol. The van der Waals surface area contributed by atoms with Crippen LogP contribution in [0.4, 0.5) is 0 Å². The number of aryl methyl sites for hydroxylation is 1. The highest BCUT2D eigenvalue weighted by atomic mass is 16.5. The number of hydrogen-bond donors (Lipinski definition) is 0. The van der Waals surface area contributed by atoms with Gasteiger partial charge in [0, 0.05) is 49.4 Å². The minimum Gasteiger partial charge on any atom is -0.496 e. The molecule has 1 saturated heterocycles. The van der Waals surface area contributed by atoms with E-state index in [-0.39, 0.29) is 11.5 Å². The maximum absolute atomic E-state index is 13.3. The minimum atomic E-state index is -0.157. The first-order chi connectivity index (χ1) is 15.0. The molecule has 0 bridgehead atoms. The molecule has 1 aliphatic heterocycles. The molecule has 4 rings (SSSR count). The number of likely N-dealkylation sites (tertiary alicyclic amines) is 1. The van der Waals surface area contributed by atoms with Gasteiger partial charge in [0.05, 0.1) is 12.8 Å². The van der Waals surface area contributed by atoms with E-state index in [9.17, 15) is 9.59 Å². The van der Waals surface area contributed by atoms with Crippen molar-refractivity contribution >= 4 is 11.6 Å². The van der Waals surface area contributed by atoms with Gasteiger partial charge in [0.15, 0.2) is 0 Å². The summed E-state index contributed by atoms with van der Waals surface area (Å²) in [4.78, 5) is 28.0. The largest absolute Gasteiger partial charge is 0.496 e. The summed E-state index contributed by atoms with van der Waals surface area (Å²) in [6.07, 6.45) is 5.28. The number of fused-ring (bicyclic) bond motifs is 1. The summed E-state index contributed by atoms with van der Waals surface area (Å²) in [5.74, 6) is 0.847. The van der Waals surface area contributed by atoms with E-state index in [0.29, 0.717) is 35.5 Å². The summed E-state index contributed by atoms with van der Waals surface area (Å²) >= 11 is 0. The van der Waals surface area contributed by atoms with E-state index in [1.807, 2.05) is 53.8 Å².